The predicted octanol–water partition coefficient (Wildman–Crippen LogP) is 2.19. The lowest BCUT2D eigenvalue weighted by Crippen LogP contribution is -2.06. The Hall–Kier alpha value is -1.45. The molecule has 0 radical (unpaired) electrons. The summed E-state index contributed by atoms with van der Waals surface area (Å²) in [4.78, 5) is 4.09. The molecular weight excluding hydrogens is 176 g/mol. The first-order valence-corrected chi connectivity index (χ1v) is 4.98. The van der Waals surface area contributed by atoms with Crippen LogP contribution in [-0.4, -0.2) is 20.0 Å². The fraction of sp³-hybridized carbons (Fsp3) is 0.500. The van der Waals surface area contributed by atoms with Crippen molar-refractivity contribution in [1.29, 1.82) is 0 Å². The quantitative estimate of drug-likeness (QED) is 0.745. The number of nitrogens with zero attached hydrogens (tertiary/aromatic N) is 4. The molecule has 2 heterocycles. The Bertz CT molecular complexity index is 421. The first-order chi connectivity index (χ1) is 6.83. The van der Waals surface area contributed by atoms with Gasteiger partial charge < -0.3 is 0 Å². The summed E-state index contributed by atoms with van der Waals surface area (Å²) in [7, 11) is 0. The topological polar surface area (TPSA) is 43.6 Å². The van der Waals surface area contributed by atoms with Crippen molar-refractivity contribution in [3.63, 3.8) is 0 Å². The van der Waals surface area contributed by atoms with Crippen molar-refractivity contribution in [3.8, 4) is 0 Å². The van der Waals surface area contributed by atoms with E-state index in [4.69, 9.17) is 0 Å². The molecule has 4 nitrogen and oxygen atoms in total. The summed E-state index contributed by atoms with van der Waals surface area (Å²) in [6, 6.07) is 2.28. The van der Waals surface area contributed by atoms with Gasteiger partial charge in [-0.25, -0.2) is 4.68 Å². The molecule has 0 spiro atoms. The van der Waals surface area contributed by atoms with Crippen LogP contribution in [0.4, 0.5) is 0 Å². The van der Waals surface area contributed by atoms with E-state index in [9.17, 15) is 0 Å². The summed E-state index contributed by atoms with van der Waals surface area (Å²) < 4.78 is 1.95. The normalized spacial score (nSPS) is 13.3. The molecule has 0 aliphatic carbocycles. The van der Waals surface area contributed by atoms with Crippen molar-refractivity contribution < 1.29 is 0 Å². The maximum Gasteiger partial charge on any atom is 0.116 e. The van der Waals surface area contributed by atoms with Gasteiger partial charge in [0.1, 0.15) is 11.0 Å². The highest BCUT2D eigenvalue weighted by molar-refractivity contribution is 5.72. The van der Waals surface area contributed by atoms with E-state index in [1.165, 1.54) is 0 Å². The maximum atomic E-state index is 4.14. The number of fused-ring (bicyclic) bond motifs is 1. The zero-order valence-electron chi connectivity index (χ0n) is 8.51. The van der Waals surface area contributed by atoms with Gasteiger partial charge in [0.05, 0.1) is 12.2 Å². The molecule has 0 aliphatic heterocycles. The maximum absolute atomic E-state index is 4.14. The Morgan fingerprint density at radius 2 is 2.36 bits per heavy atom. The second kappa shape index (κ2) is 3.74. The van der Waals surface area contributed by atoms with Crippen LogP contribution in [0.3, 0.4) is 0 Å². The first kappa shape index (κ1) is 9.12. The standard InChI is InChI=1S/C10H14N4/c1-3-4-8(2)14-10-7-11-6-5-9(10)12-13-14/h5-8H,3-4H2,1-2H3. The lowest BCUT2D eigenvalue weighted by Gasteiger charge is -2.10. The van der Waals surface area contributed by atoms with E-state index in [1.54, 1.807) is 6.20 Å². The van der Waals surface area contributed by atoms with Crippen LogP contribution in [0.15, 0.2) is 18.5 Å². The highest BCUT2D eigenvalue weighted by Crippen LogP contribution is 2.17. The number of aromatic nitrogens is 4. The van der Waals surface area contributed by atoms with Gasteiger partial charge in [-0.05, 0) is 19.4 Å². The van der Waals surface area contributed by atoms with E-state index in [0.717, 1.165) is 23.9 Å². The third-order valence-corrected chi connectivity index (χ3v) is 2.40. The van der Waals surface area contributed by atoms with Crippen LogP contribution >= 0.6 is 0 Å². The second-order valence-electron chi connectivity index (χ2n) is 3.54. The summed E-state index contributed by atoms with van der Waals surface area (Å²) >= 11 is 0. The molecule has 2 aromatic rings. The number of hydrogen-bond donors (Lipinski definition) is 0. The van der Waals surface area contributed by atoms with Crippen molar-refractivity contribution in [1.82, 2.24) is 20.0 Å². The number of pyridine rings is 1. The lowest BCUT2D eigenvalue weighted by atomic mass is 10.2. The van der Waals surface area contributed by atoms with Crippen LogP contribution in [0.25, 0.3) is 11.0 Å². The van der Waals surface area contributed by atoms with Crippen LogP contribution in [0.2, 0.25) is 0 Å². The van der Waals surface area contributed by atoms with Crippen molar-refractivity contribution >= 4 is 11.0 Å². The molecule has 4 heteroatoms. The second-order valence-corrected chi connectivity index (χ2v) is 3.54. The molecule has 0 saturated carbocycles. The Morgan fingerprint density at radius 3 is 3.14 bits per heavy atom. The van der Waals surface area contributed by atoms with Crippen LogP contribution in [0.1, 0.15) is 32.7 Å². The third-order valence-electron chi connectivity index (χ3n) is 2.40. The van der Waals surface area contributed by atoms with Crippen molar-refractivity contribution in [3.05, 3.63) is 18.5 Å². The van der Waals surface area contributed by atoms with Gasteiger partial charge in [-0.3, -0.25) is 4.98 Å². The van der Waals surface area contributed by atoms with Gasteiger partial charge >= 0.3 is 0 Å². The Morgan fingerprint density at radius 1 is 1.50 bits per heavy atom. The fourth-order valence-corrected chi connectivity index (χ4v) is 1.65. The molecule has 1 unspecified atom stereocenters. The zero-order chi connectivity index (χ0) is 9.97. The minimum atomic E-state index is 0.397. The van der Waals surface area contributed by atoms with E-state index in [1.807, 2.05) is 16.9 Å². The van der Waals surface area contributed by atoms with Gasteiger partial charge in [0, 0.05) is 6.20 Å². The molecule has 1 atom stereocenters. The van der Waals surface area contributed by atoms with Crippen molar-refractivity contribution in [2.24, 2.45) is 0 Å². The summed E-state index contributed by atoms with van der Waals surface area (Å²) in [5, 5.41) is 8.24. The minimum Gasteiger partial charge on any atom is -0.262 e. The monoisotopic (exact) mass is 190 g/mol. The van der Waals surface area contributed by atoms with Gasteiger partial charge in [0.25, 0.3) is 0 Å². The molecule has 0 amide bonds. The minimum absolute atomic E-state index is 0.397. The molecular formula is C10H14N4. The predicted molar refractivity (Wildman–Crippen MR) is 54.9 cm³/mol. The van der Waals surface area contributed by atoms with E-state index < -0.39 is 0 Å². The molecule has 0 aromatic carbocycles. The van der Waals surface area contributed by atoms with Crippen LogP contribution in [-0.2, 0) is 0 Å². The summed E-state index contributed by atoms with van der Waals surface area (Å²) in [5.41, 5.74) is 1.94. The van der Waals surface area contributed by atoms with E-state index >= 15 is 0 Å². The number of rotatable bonds is 3. The van der Waals surface area contributed by atoms with Crippen LogP contribution in [0.5, 0.6) is 0 Å². The highest BCUT2D eigenvalue weighted by Gasteiger charge is 2.09. The molecule has 0 fully saturated rings. The van der Waals surface area contributed by atoms with E-state index in [-0.39, 0.29) is 0 Å². The van der Waals surface area contributed by atoms with E-state index in [0.29, 0.717) is 6.04 Å². The average Bonchev–Trinajstić information content (AvgIpc) is 2.61. The molecule has 0 saturated heterocycles. The summed E-state index contributed by atoms with van der Waals surface area (Å²) in [6.07, 6.45) is 5.84. The molecule has 0 N–H and O–H groups in total. The fourth-order valence-electron chi connectivity index (χ4n) is 1.65. The Labute approximate surface area is 83.0 Å². The van der Waals surface area contributed by atoms with Gasteiger partial charge in [0.2, 0.25) is 0 Å². The SMILES string of the molecule is CCCC(C)n1nnc2ccncc21. The van der Waals surface area contributed by atoms with Gasteiger partial charge in [-0.15, -0.1) is 5.10 Å². The highest BCUT2D eigenvalue weighted by atomic mass is 15.4. The number of hydrogen-bond acceptors (Lipinski definition) is 3. The smallest absolute Gasteiger partial charge is 0.116 e. The zero-order valence-corrected chi connectivity index (χ0v) is 8.51. The summed E-state index contributed by atoms with van der Waals surface area (Å²) in [5.74, 6) is 0. The van der Waals surface area contributed by atoms with E-state index in [2.05, 4.69) is 29.1 Å². The van der Waals surface area contributed by atoms with Gasteiger partial charge in [-0.2, -0.15) is 0 Å². The molecule has 2 aromatic heterocycles. The van der Waals surface area contributed by atoms with Gasteiger partial charge in [-0.1, -0.05) is 18.6 Å². The molecule has 74 valence electrons. The molecule has 2 rings (SSSR count). The Kier molecular flexibility index (Phi) is 2.43. The first-order valence-electron chi connectivity index (χ1n) is 4.98. The van der Waals surface area contributed by atoms with Gasteiger partial charge in [0.15, 0.2) is 0 Å². The third kappa shape index (κ3) is 1.47. The average molecular weight is 190 g/mol. The van der Waals surface area contributed by atoms with Crippen molar-refractivity contribution in [2.75, 3.05) is 0 Å². The lowest BCUT2D eigenvalue weighted by molar-refractivity contribution is 0.455. The van der Waals surface area contributed by atoms with Crippen LogP contribution in [0, 0.1) is 0 Å². The van der Waals surface area contributed by atoms with Crippen LogP contribution < -0.4 is 0 Å². The molecule has 0 bridgehead atoms. The van der Waals surface area contributed by atoms with Crippen molar-refractivity contribution in [2.45, 2.75) is 32.7 Å². The summed E-state index contributed by atoms with van der Waals surface area (Å²) in [6.45, 7) is 4.33. The largest absolute Gasteiger partial charge is 0.262 e. The molecule has 0 aliphatic rings. The Balaban J connectivity index is 2.42. The molecule has 14 heavy (non-hydrogen) atoms.